The van der Waals surface area contributed by atoms with Gasteiger partial charge in [0, 0.05) is 5.56 Å². The molecule has 1 aliphatic carbocycles. The molecule has 1 unspecified atom stereocenters. The van der Waals surface area contributed by atoms with E-state index in [0.717, 1.165) is 5.75 Å². The minimum atomic E-state index is -0.847. The summed E-state index contributed by atoms with van der Waals surface area (Å²) in [4.78, 5) is 12.5. The molecule has 1 fully saturated rings. The molecule has 0 heterocycles. The Morgan fingerprint density at radius 2 is 1.31 bits per heavy atom. The van der Waals surface area contributed by atoms with Crippen LogP contribution in [0.5, 0.6) is 17.2 Å². The number of hydrogen-bond donors (Lipinski definition) is 0. The van der Waals surface area contributed by atoms with Crippen molar-refractivity contribution in [1.29, 1.82) is 0 Å². The van der Waals surface area contributed by atoms with Crippen LogP contribution in [0.4, 0.5) is 0 Å². The first-order chi connectivity index (χ1) is 16.8. The predicted octanol–water partition coefficient (Wildman–Crippen LogP) is 8.12. The van der Waals surface area contributed by atoms with Gasteiger partial charge in [0.05, 0.1) is 7.11 Å². The number of esters is 1. The maximum atomic E-state index is 12.5. The normalized spacial score (nSPS) is 15.3. The zero-order valence-electron chi connectivity index (χ0n) is 21.3. The molecule has 3 aromatic carbocycles. The molecule has 0 N–H and O–H groups in total. The third-order valence-electron chi connectivity index (χ3n) is 6.76. The highest BCUT2D eigenvalue weighted by Gasteiger charge is 2.24. The van der Waals surface area contributed by atoms with E-state index in [9.17, 15) is 4.79 Å². The molecule has 0 spiro atoms. The van der Waals surface area contributed by atoms with Gasteiger partial charge in [0.25, 0.3) is 0 Å². The molecule has 1 atom stereocenters. The molecule has 4 nitrogen and oxygen atoms in total. The average molecular weight is 473 g/mol. The van der Waals surface area contributed by atoms with E-state index < -0.39 is 12.1 Å². The van der Waals surface area contributed by atoms with Gasteiger partial charge in [-0.2, -0.15) is 0 Å². The Bertz CT molecular complexity index is 1090. The molecule has 1 saturated carbocycles. The molecule has 0 amide bonds. The lowest BCUT2D eigenvalue weighted by Gasteiger charge is -2.22. The number of methoxy groups -OCH3 is 1. The number of rotatable bonds is 7. The summed E-state index contributed by atoms with van der Waals surface area (Å²) < 4.78 is 17.1. The van der Waals surface area contributed by atoms with E-state index in [-0.39, 0.29) is 5.41 Å². The molecular weight excluding hydrogens is 436 g/mol. The smallest absolute Gasteiger partial charge is 0.351 e. The largest absolute Gasteiger partial charge is 0.474 e. The highest BCUT2D eigenvalue weighted by Crippen LogP contribution is 2.34. The van der Waals surface area contributed by atoms with Crippen molar-refractivity contribution in [1.82, 2.24) is 0 Å². The van der Waals surface area contributed by atoms with E-state index in [4.69, 9.17) is 14.2 Å². The van der Waals surface area contributed by atoms with Crippen LogP contribution in [0.15, 0.2) is 72.8 Å². The first kappa shape index (κ1) is 24.8. The zero-order valence-corrected chi connectivity index (χ0v) is 21.3. The third kappa shape index (κ3) is 6.45. The van der Waals surface area contributed by atoms with Crippen LogP contribution in [-0.2, 0) is 14.9 Å². The first-order valence-electron chi connectivity index (χ1n) is 12.6. The van der Waals surface area contributed by atoms with Gasteiger partial charge < -0.3 is 14.2 Å². The van der Waals surface area contributed by atoms with Gasteiger partial charge in [-0.25, -0.2) is 4.79 Å². The van der Waals surface area contributed by atoms with E-state index in [1.807, 2.05) is 48.5 Å². The minimum absolute atomic E-state index is 0.0965. The van der Waals surface area contributed by atoms with Crippen molar-refractivity contribution in [3.05, 3.63) is 89.5 Å². The number of carbonyl (C=O) groups is 1. The van der Waals surface area contributed by atoms with Crippen LogP contribution < -0.4 is 9.47 Å². The van der Waals surface area contributed by atoms with Gasteiger partial charge in [-0.15, -0.1) is 0 Å². The quantitative estimate of drug-likeness (QED) is 0.326. The van der Waals surface area contributed by atoms with Crippen molar-refractivity contribution in [2.45, 2.75) is 70.3 Å². The SMILES string of the molecule is COC(=O)C(Oc1ccc(C2CCCCC2)cc1)c1ccc(Oc2ccc(C(C)(C)C)cc2)cc1. The fraction of sp³-hybridized carbons (Fsp3) is 0.387. The molecule has 0 bridgehead atoms. The zero-order chi connectivity index (χ0) is 24.8. The number of ether oxygens (including phenoxy) is 3. The van der Waals surface area contributed by atoms with E-state index in [0.29, 0.717) is 23.0 Å². The predicted molar refractivity (Wildman–Crippen MR) is 139 cm³/mol. The average Bonchev–Trinajstić information content (AvgIpc) is 2.88. The molecule has 1 aliphatic rings. The lowest BCUT2D eigenvalue weighted by Crippen LogP contribution is -2.20. The molecule has 184 valence electrons. The topological polar surface area (TPSA) is 44.8 Å². The van der Waals surface area contributed by atoms with Gasteiger partial charge >= 0.3 is 5.97 Å². The van der Waals surface area contributed by atoms with Crippen LogP contribution in [0.25, 0.3) is 0 Å². The van der Waals surface area contributed by atoms with Crippen molar-refractivity contribution < 1.29 is 19.0 Å². The summed E-state index contributed by atoms with van der Waals surface area (Å²) in [7, 11) is 1.38. The Morgan fingerprint density at radius 3 is 1.86 bits per heavy atom. The Labute approximate surface area is 209 Å². The van der Waals surface area contributed by atoms with Crippen molar-refractivity contribution >= 4 is 5.97 Å². The summed E-state index contributed by atoms with van der Waals surface area (Å²) in [6, 6.07) is 23.7. The van der Waals surface area contributed by atoms with Gasteiger partial charge in [0.1, 0.15) is 17.2 Å². The van der Waals surface area contributed by atoms with Crippen LogP contribution in [0.3, 0.4) is 0 Å². The maximum Gasteiger partial charge on any atom is 0.351 e. The van der Waals surface area contributed by atoms with Gasteiger partial charge in [0.2, 0.25) is 6.10 Å². The number of hydrogen-bond acceptors (Lipinski definition) is 4. The summed E-state index contributed by atoms with van der Waals surface area (Å²) >= 11 is 0. The van der Waals surface area contributed by atoms with Gasteiger partial charge in [-0.05, 0) is 71.7 Å². The Balaban J connectivity index is 1.44. The third-order valence-corrected chi connectivity index (χ3v) is 6.76. The second-order valence-electron chi connectivity index (χ2n) is 10.4. The molecular formula is C31H36O4. The monoisotopic (exact) mass is 472 g/mol. The van der Waals surface area contributed by atoms with Crippen LogP contribution in [0, 0.1) is 0 Å². The van der Waals surface area contributed by atoms with Crippen molar-refractivity contribution in [2.75, 3.05) is 7.11 Å². The van der Waals surface area contributed by atoms with Crippen molar-refractivity contribution in [3.8, 4) is 17.2 Å². The maximum absolute atomic E-state index is 12.5. The molecule has 0 radical (unpaired) electrons. The first-order valence-corrected chi connectivity index (χ1v) is 12.6. The summed E-state index contributed by atoms with van der Waals surface area (Å²) in [5, 5.41) is 0. The molecule has 3 aromatic rings. The summed E-state index contributed by atoms with van der Waals surface area (Å²) in [6.07, 6.45) is 5.59. The summed E-state index contributed by atoms with van der Waals surface area (Å²) in [5.74, 6) is 2.31. The molecule has 0 saturated heterocycles. The van der Waals surface area contributed by atoms with Crippen LogP contribution in [0.1, 0.15) is 81.6 Å². The fourth-order valence-electron chi connectivity index (χ4n) is 4.62. The second-order valence-corrected chi connectivity index (χ2v) is 10.4. The molecule has 4 rings (SSSR count). The lowest BCUT2D eigenvalue weighted by molar-refractivity contribution is -0.149. The Morgan fingerprint density at radius 1 is 0.771 bits per heavy atom. The second kappa shape index (κ2) is 11.0. The van der Waals surface area contributed by atoms with Crippen LogP contribution in [0.2, 0.25) is 0 Å². The van der Waals surface area contributed by atoms with Gasteiger partial charge in [-0.1, -0.05) is 76.4 Å². The molecule has 35 heavy (non-hydrogen) atoms. The van der Waals surface area contributed by atoms with E-state index in [2.05, 4.69) is 45.0 Å². The van der Waals surface area contributed by atoms with Gasteiger partial charge in [0.15, 0.2) is 0 Å². The van der Waals surface area contributed by atoms with Gasteiger partial charge in [-0.3, -0.25) is 0 Å². The minimum Gasteiger partial charge on any atom is -0.474 e. The van der Waals surface area contributed by atoms with E-state index >= 15 is 0 Å². The number of benzene rings is 3. The van der Waals surface area contributed by atoms with E-state index in [1.54, 1.807) is 0 Å². The van der Waals surface area contributed by atoms with Crippen LogP contribution >= 0.6 is 0 Å². The van der Waals surface area contributed by atoms with Crippen molar-refractivity contribution in [3.63, 3.8) is 0 Å². The standard InChI is InChI=1S/C31H36O4/c1-31(2,3)25-14-20-27(21-15-25)34-26-18-12-24(13-19-26)29(30(32)33-4)35-28-16-10-23(11-17-28)22-8-6-5-7-9-22/h10-22,29H,5-9H2,1-4H3. The Hall–Kier alpha value is -3.27. The van der Waals surface area contributed by atoms with Crippen molar-refractivity contribution in [2.24, 2.45) is 0 Å². The molecule has 0 aliphatic heterocycles. The summed E-state index contributed by atoms with van der Waals surface area (Å²) in [5.41, 5.74) is 3.41. The highest BCUT2D eigenvalue weighted by molar-refractivity contribution is 5.77. The van der Waals surface area contributed by atoms with E-state index in [1.165, 1.54) is 50.3 Å². The summed E-state index contributed by atoms with van der Waals surface area (Å²) in [6.45, 7) is 6.56. The molecule has 4 heteroatoms. The Kier molecular flexibility index (Phi) is 7.80. The molecule has 0 aromatic heterocycles. The highest BCUT2D eigenvalue weighted by atomic mass is 16.6. The number of carbonyl (C=O) groups excluding carboxylic acids is 1. The lowest BCUT2D eigenvalue weighted by atomic mass is 9.84. The van der Waals surface area contributed by atoms with Crippen LogP contribution in [-0.4, -0.2) is 13.1 Å². The fourth-order valence-corrected chi connectivity index (χ4v) is 4.62.